The van der Waals surface area contributed by atoms with Crippen LogP contribution in [0.2, 0.25) is 0 Å². The molecule has 0 aliphatic rings. The van der Waals surface area contributed by atoms with Crippen molar-refractivity contribution >= 4 is 11.5 Å². The van der Waals surface area contributed by atoms with E-state index in [0.717, 1.165) is 16.9 Å². The number of carbonyl (C=O) groups excluding carboxylic acids is 1. The molecular weight excluding hydrogens is 228 g/mol. The largest absolute Gasteiger partial charge is 0.497 e. The lowest BCUT2D eigenvalue weighted by Gasteiger charge is -2.15. The van der Waals surface area contributed by atoms with Crippen LogP contribution in [-0.2, 0) is 9.53 Å². The topological polar surface area (TPSA) is 35.5 Å². The van der Waals surface area contributed by atoms with Gasteiger partial charge in [0.05, 0.1) is 19.6 Å². The molecule has 0 heterocycles. The zero-order valence-electron chi connectivity index (χ0n) is 11.4. The van der Waals surface area contributed by atoms with Crippen molar-refractivity contribution in [1.82, 2.24) is 0 Å². The van der Waals surface area contributed by atoms with Crippen LogP contribution in [0.1, 0.15) is 26.3 Å². The summed E-state index contributed by atoms with van der Waals surface area (Å²) in [5.41, 5.74) is 1.93. The molecule has 0 aromatic heterocycles. The minimum atomic E-state index is -0.276. The van der Waals surface area contributed by atoms with Gasteiger partial charge in [0.2, 0.25) is 0 Å². The van der Waals surface area contributed by atoms with Crippen molar-refractivity contribution < 1.29 is 14.3 Å². The molecule has 0 radical (unpaired) electrons. The number of carbonyl (C=O) groups is 1. The molecule has 3 nitrogen and oxygen atoms in total. The third kappa shape index (κ3) is 3.36. The van der Waals surface area contributed by atoms with Crippen molar-refractivity contribution in [2.45, 2.75) is 20.8 Å². The quantitative estimate of drug-likeness (QED) is 0.750. The fourth-order valence-electron chi connectivity index (χ4n) is 1.86. The maximum absolute atomic E-state index is 11.8. The van der Waals surface area contributed by atoms with E-state index in [0.29, 0.717) is 6.61 Å². The summed E-state index contributed by atoms with van der Waals surface area (Å²) in [5, 5.41) is 0. The second-order valence-electron chi connectivity index (χ2n) is 3.95. The number of hydrogen-bond donors (Lipinski definition) is 0. The highest BCUT2D eigenvalue weighted by Gasteiger charge is 2.19. The molecule has 0 amide bonds. The van der Waals surface area contributed by atoms with Gasteiger partial charge in [-0.3, -0.25) is 4.79 Å². The molecule has 1 atom stereocenters. The normalized spacial score (nSPS) is 13.0. The van der Waals surface area contributed by atoms with Crippen LogP contribution in [0.25, 0.3) is 5.57 Å². The number of rotatable bonds is 5. The van der Waals surface area contributed by atoms with Crippen LogP contribution < -0.4 is 4.74 Å². The lowest BCUT2D eigenvalue weighted by atomic mass is 9.93. The molecule has 18 heavy (non-hydrogen) atoms. The van der Waals surface area contributed by atoms with Gasteiger partial charge in [-0.2, -0.15) is 0 Å². The van der Waals surface area contributed by atoms with E-state index >= 15 is 0 Å². The molecule has 0 aliphatic heterocycles. The van der Waals surface area contributed by atoms with Crippen molar-refractivity contribution in [3.05, 3.63) is 35.9 Å². The van der Waals surface area contributed by atoms with Gasteiger partial charge in [0, 0.05) is 0 Å². The second-order valence-corrected chi connectivity index (χ2v) is 3.95. The standard InChI is InChI=1S/C15H20O3/c1-5-14(11(3)15(16)18-6-2)12-8-7-9-13(10-12)17-4/h5,7-11H,6H2,1-4H3. The van der Waals surface area contributed by atoms with Gasteiger partial charge >= 0.3 is 5.97 Å². The fourth-order valence-corrected chi connectivity index (χ4v) is 1.86. The van der Waals surface area contributed by atoms with Gasteiger partial charge in [-0.15, -0.1) is 0 Å². The lowest BCUT2D eigenvalue weighted by Crippen LogP contribution is -2.16. The molecule has 1 rings (SSSR count). The first-order chi connectivity index (χ1) is 8.63. The van der Waals surface area contributed by atoms with E-state index in [1.165, 1.54) is 0 Å². The Balaban J connectivity index is 2.99. The molecule has 0 fully saturated rings. The van der Waals surface area contributed by atoms with E-state index in [2.05, 4.69) is 0 Å². The number of methoxy groups -OCH3 is 1. The van der Waals surface area contributed by atoms with E-state index in [-0.39, 0.29) is 11.9 Å². The fraction of sp³-hybridized carbons (Fsp3) is 0.400. The maximum atomic E-state index is 11.8. The van der Waals surface area contributed by atoms with Crippen LogP contribution >= 0.6 is 0 Å². The van der Waals surface area contributed by atoms with E-state index in [4.69, 9.17) is 9.47 Å². The third-order valence-corrected chi connectivity index (χ3v) is 2.82. The van der Waals surface area contributed by atoms with E-state index in [1.807, 2.05) is 51.1 Å². The van der Waals surface area contributed by atoms with Crippen LogP contribution in [0.4, 0.5) is 0 Å². The first-order valence-electron chi connectivity index (χ1n) is 6.11. The van der Waals surface area contributed by atoms with Gasteiger partial charge in [-0.05, 0) is 44.0 Å². The SMILES string of the molecule is CC=C(c1cccc(OC)c1)C(C)C(=O)OCC. The summed E-state index contributed by atoms with van der Waals surface area (Å²) < 4.78 is 10.2. The van der Waals surface area contributed by atoms with Crippen LogP contribution in [-0.4, -0.2) is 19.7 Å². The van der Waals surface area contributed by atoms with Crippen LogP contribution in [0.5, 0.6) is 5.75 Å². The van der Waals surface area contributed by atoms with E-state index < -0.39 is 0 Å². The van der Waals surface area contributed by atoms with Crippen molar-refractivity contribution in [3.63, 3.8) is 0 Å². The minimum Gasteiger partial charge on any atom is -0.497 e. The highest BCUT2D eigenvalue weighted by Crippen LogP contribution is 2.27. The number of benzene rings is 1. The molecule has 1 aromatic rings. The Hall–Kier alpha value is -1.77. The predicted molar refractivity (Wildman–Crippen MR) is 72.4 cm³/mol. The maximum Gasteiger partial charge on any atom is 0.313 e. The summed E-state index contributed by atoms with van der Waals surface area (Å²) >= 11 is 0. The van der Waals surface area contributed by atoms with Gasteiger partial charge in [0.1, 0.15) is 5.75 Å². The van der Waals surface area contributed by atoms with Crippen molar-refractivity contribution in [1.29, 1.82) is 0 Å². The first-order valence-corrected chi connectivity index (χ1v) is 6.11. The van der Waals surface area contributed by atoms with Crippen LogP contribution in [0, 0.1) is 5.92 Å². The minimum absolute atomic E-state index is 0.201. The summed E-state index contributed by atoms with van der Waals surface area (Å²) in [6, 6.07) is 7.68. The molecule has 98 valence electrons. The monoisotopic (exact) mass is 248 g/mol. The van der Waals surface area contributed by atoms with Crippen molar-refractivity contribution in [3.8, 4) is 5.75 Å². The Kier molecular flexibility index (Phi) is 5.43. The van der Waals surface area contributed by atoms with Crippen LogP contribution in [0.15, 0.2) is 30.3 Å². The van der Waals surface area contributed by atoms with Crippen molar-refractivity contribution in [2.75, 3.05) is 13.7 Å². The highest BCUT2D eigenvalue weighted by molar-refractivity contribution is 5.88. The van der Waals surface area contributed by atoms with E-state index in [9.17, 15) is 4.79 Å². The summed E-state index contributed by atoms with van der Waals surface area (Å²) in [6.07, 6.45) is 1.94. The highest BCUT2D eigenvalue weighted by atomic mass is 16.5. The molecule has 0 bridgehead atoms. The lowest BCUT2D eigenvalue weighted by molar-refractivity contribution is -0.145. The van der Waals surface area contributed by atoms with Gasteiger partial charge < -0.3 is 9.47 Å². The number of ether oxygens (including phenoxy) is 2. The Labute approximate surface area is 108 Å². The van der Waals surface area contributed by atoms with Gasteiger partial charge in [0.25, 0.3) is 0 Å². The molecule has 0 saturated carbocycles. The van der Waals surface area contributed by atoms with Crippen LogP contribution in [0.3, 0.4) is 0 Å². The first kappa shape index (κ1) is 14.3. The summed E-state index contributed by atoms with van der Waals surface area (Å²) in [5.74, 6) is 0.304. The summed E-state index contributed by atoms with van der Waals surface area (Å²) in [7, 11) is 1.63. The average Bonchev–Trinajstić information content (AvgIpc) is 2.40. The number of esters is 1. The Bertz CT molecular complexity index is 435. The number of allylic oxidation sites excluding steroid dienone is 1. The average molecular weight is 248 g/mol. The molecule has 3 heteroatoms. The molecule has 1 aromatic carbocycles. The molecular formula is C15H20O3. The molecule has 0 saturated heterocycles. The Morgan fingerprint density at radius 3 is 2.72 bits per heavy atom. The van der Waals surface area contributed by atoms with Gasteiger partial charge in [-0.25, -0.2) is 0 Å². The smallest absolute Gasteiger partial charge is 0.313 e. The van der Waals surface area contributed by atoms with E-state index in [1.54, 1.807) is 7.11 Å². The molecule has 1 unspecified atom stereocenters. The molecule has 0 spiro atoms. The van der Waals surface area contributed by atoms with Crippen molar-refractivity contribution in [2.24, 2.45) is 5.92 Å². The number of hydrogen-bond acceptors (Lipinski definition) is 3. The Morgan fingerprint density at radius 2 is 2.17 bits per heavy atom. The summed E-state index contributed by atoms with van der Waals surface area (Å²) in [4.78, 5) is 11.8. The molecule has 0 aliphatic carbocycles. The zero-order valence-corrected chi connectivity index (χ0v) is 11.4. The third-order valence-electron chi connectivity index (χ3n) is 2.82. The summed E-state index contributed by atoms with van der Waals surface area (Å²) in [6.45, 7) is 5.99. The predicted octanol–water partition coefficient (Wildman–Crippen LogP) is 3.30. The Morgan fingerprint density at radius 1 is 1.44 bits per heavy atom. The second kappa shape index (κ2) is 6.84. The zero-order chi connectivity index (χ0) is 13.5. The van der Waals surface area contributed by atoms with Gasteiger partial charge in [-0.1, -0.05) is 18.2 Å². The molecule has 0 N–H and O–H groups in total. The van der Waals surface area contributed by atoms with Gasteiger partial charge in [0.15, 0.2) is 0 Å².